The van der Waals surface area contributed by atoms with Crippen molar-refractivity contribution in [3.05, 3.63) is 0 Å². The number of hydrogen-bond acceptors (Lipinski definition) is 3. The smallest absolute Gasteiger partial charge is 0.322 e. The van der Waals surface area contributed by atoms with Crippen molar-refractivity contribution < 1.29 is 14.3 Å². The summed E-state index contributed by atoms with van der Waals surface area (Å²) in [4.78, 5) is 26.6. The number of amides is 2. The average molecular weight is 242 g/mol. The average Bonchev–Trinajstić information content (AvgIpc) is 2.24. The fourth-order valence-electron chi connectivity index (χ4n) is 1.87. The number of carbonyl (C=O) groups excluding carboxylic acids is 2. The van der Waals surface area contributed by atoms with Crippen molar-refractivity contribution in [1.82, 2.24) is 9.80 Å². The SMILES string of the molecule is CCN1CCC(OC(=O)CC(C)C)N(C)C1=O. The summed E-state index contributed by atoms with van der Waals surface area (Å²) in [6, 6.07) is -0.0684. The van der Waals surface area contributed by atoms with Crippen LogP contribution in [0.3, 0.4) is 0 Å². The van der Waals surface area contributed by atoms with Crippen LogP contribution >= 0.6 is 0 Å². The first-order chi connectivity index (χ1) is 7.95. The second kappa shape index (κ2) is 5.89. The number of urea groups is 1. The molecule has 1 unspecified atom stereocenters. The fourth-order valence-corrected chi connectivity index (χ4v) is 1.87. The van der Waals surface area contributed by atoms with Crippen molar-refractivity contribution in [1.29, 1.82) is 0 Å². The molecule has 0 N–H and O–H groups in total. The minimum atomic E-state index is -0.406. The van der Waals surface area contributed by atoms with Gasteiger partial charge in [0.1, 0.15) is 0 Å². The van der Waals surface area contributed by atoms with Gasteiger partial charge in [-0.1, -0.05) is 13.8 Å². The van der Waals surface area contributed by atoms with Crippen molar-refractivity contribution in [2.24, 2.45) is 5.92 Å². The molecule has 2 amide bonds. The second-order valence-corrected chi connectivity index (χ2v) is 4.80. The van der Waals surface area contributed by atoms with Crippen LogP contribution in [0.25, 0.3) is 0 Å². The lowest BCUT2D eigenvalue weighted by atomic mass is 10.1. The molecule has 0 spiro atoms. The highest BCUT2D eigenvalue weighted by Gasteiger charge is 2.31. The van der Waals surface area contributed by atoms with E-state index in [9.17, 15) is 9.59 Å². The van der Waals surface area contributed by atoms with Crippen LogP contribution in [-0.2, 0) is 9.53 Å². The molecule has 1 saturated heterocycles. The molecule has 0 bridgehead atoms. The summed E-state index contributed by atoms with van der Waals surface area (Å²) in [6.45, 7) is 7.22. The second-order valence-electron chi connectivity index (χ2n) is 4.80. The highest BCUT2D eigenvalue weighted by atomic mass is 16.6. The van der Waals surface area contributed by atoms with E-state index in [1.54, 1.807) is 11.9 Å². The van der Waals surface area contributed by atoms with Gasteiger partial charge in [-0.05, 0) is 12.8 Å². The lowest BCUT2D eigenvalue weighted by Crippen LogP contribution is -2.53. The van der Waals surface area contributed by atoms with Crippen LogP contribution in [0.5, 0.6) is 0 Å². The van der Waals surface area contributed by atoms with Crippen molar-refractivity contribution in [3.8, 4) is 0 Å². The number of rotatable bonds is 4. The van der Waals surface area contributed by atoms with Gasteiger partial charge < -0.3 is 9.64 Å². The minimum Gasteiger partial charge on any atom is -0.441 e. The highest BCUT2D eigenvalue weighted by molar-refractivity contribution is 5.76. The predicted octanol–water partition coefficient (Wildman–Crippen LogP) is 1.68. The molecule has 0 aromatic rings. The lowest BCUT2D eigenvalue weighted by Gasteiger charge is -2.38. The molecule has 1 atom stereocenters. The highest BCUT2D eigenvalue weighted by Crippen LogP contribution is 2.16. The van der Waals surface area contributed by atoms with Crippen LogP contribution < -0.4 is 0 Å². The van der Waals surface area contributed by atoms with E-state index in [0.717, 1.165) is 0 Å². The normalized spacial score (nSPS) is 21.0. The van der Waals surface area contributed by atoms with Crippen LogP contribution in [0.1, 0.15) is 33.6 Å². The molecule has 0 aliphatic carbocycles. The largest absolute Gasteiger partial charge is 0.441 e. The van der Waals surface area contributed by atoms with Crippen LogP contribution in [-0.4, -0.2) is 48.2 Å². The molecule has 98 valence electrons. The van der Waals surface area contributed by atoms with E-state index in [-0.39, 0.29) is 17.9 Å². The van der Waals surface area contributed by atoms with Crippen molar-refractivity contribution in [3.63, 3.8) is 0 Å². The Kier molecular flexibility index (Phi) is 4.78. The third-order valence-corrected chi connectivity index (χ3v) is 2.87. The Morgan fingerprint density at radius 3 is 2.71 bits per heavy atom. The van der Waals surface area contributed by atoms with Gasteiger partial charge >= 0.3 is 12.0 Å². The Balaban J connectivity index is 2.51. The number of nitrogens with zero attached hydrogens (tertiary/aromatic N) is 2. The third kappa shape index (κ3) is 3.61. The maximum absolute atomic E-state index is 11.8. The Bertz CT molecular complexity index is 291. The monoisotopic (exact) mass is 242 g/mol. The minimum absolute atomic E-state index is 0.0684. The van der Waals surface area contributed by atoms with E-state index in [2.05, 4.69) is 0 Å². The van der Waals surface area contributed by atoms with Gasteiger partial charge in [0.05, 0.1) is 0 Å². The van der Waals surface area contributed by atoms with E-state index >= 15 is 0 Å². The molecule has 1 fully saturated rings. The molecule has 17 heavy (non-hydrogen) atoms. The Labute approximate surface area is 103 Å². The van der Waals surface area contributed by atoms with Crippen molar-refractivity contribution in [2.45, 2.75) is 39.8 Å². The van der Waals surface area contributed by atoms with E-state index in [0.29, 0.717) is 25.9 Å². The molecule has 0 saturated carbocycles. The molecular formula is C12H22N2O3. The van der Waals surface area contributed by atoms with Crippen molar-refractivity contribution in [2.75, 3.05) is 20.1 Å². The Morgan fingerprint density at radius 1 is 1.53 bits per heavy atom. The maximum Gasteiger partial charge on any atom is 0.322 e. The summed E-state index contributed by atoms with van der Waals surface area (Å²) in [5.74, 6) is 0.0498. The Morgan fingerprint density at radius 2 is 2.18 bits per heavy atom. The lowest BCUT2D eigenvalue weighted by molar-refractivity contribution is -0.159. The first-order valence-corrected chi connectivity index (χ1v) is 6.17. The van der Waals surface area contributed by atoms with Crippen LogP contribution in [0.15, 0.2) is 0 Å². The number of hydrogen-bond donors (Lipinski definition) is 0. The zero-order valence-corrected chi connectivity index (χ0v) is 11.1. The summed E-state index contributed by atoms with van der Waals surface area (Å²) in [6.07, 6.45) is 0.673. The molecular weight excluding hydrogens is 220 g/mol. The summed E-state index contributed by atoms with van der Waals surface area (Å²) >= 11 is 0. The standard InChI is InChI=1S/C12H22N2O3/c1-5-14-7-6-10(13(4)12(14)16)17-11(15)8-9(2)3/h9-10H,5-8H2,1-4H3. The zero-order valence-electron chi connectivity index (χ0n) is 11.1. The Hall–Kier alpha value is -1.26. The number of carbonyl (C=O) groups is 2. The van der Waals surface area contributed by atoms with Gasteiger partial charge in [-0.15, -0.1) is 0 Å². The molecule has 1 aliphatic heterocycles. The molecule has 1 heterocycles. The van der Waals surface area contributed by atoms with E-state index in [4.69, 9.17) is 4.74 Å². The fraction of sp³-hybridized carbons (Fsp3) is 0.833. The van der Waals surface area contributed by atoms with Gasteiger partial charge in [-0.25, -0.2) is 4.79 Å². The topological polar surface area (TPSA) is 49.9 Å². The maximum atomic E-state index is 11.8. The van der Waals surface area contributed by atoms with Crippen LogP contribution in [0.2, 0.25) is 0 Å². The summed E-state index contributed by atoms with van der Waals surface area (Å²) in [7, 11) is 1.68. The first-order valence-electron chi connectivity index (χ1n) is 6.17. The van der Waals surface area contributed by atoms with E-state index in [1.807, 2.05) is 20.8 Å². The van der Waals surface area contributed by atoms with Gasteiger partial charge in [0.2, 0.25) is 0 Å². The summed E-state index contributed by atoms with van der Waals surface area (Å²) < 4.78 is 5.32. The molecule has 0 radical (unpaired) electrons. The molecule has 0 aromatic heterocycles. The van der Waals surface area contributed by atoms with Crippen LogP contribution in [0, 0.1) is 5.92 Å². The van der Waals surface area contributed by atoms with Crippen molar-refractivity contribution >= 4 is 12.0 Å². The van der Waals surface area contributed by atoms with Gasteiger partial charge in [0.25, 0.3) is 0 Å². The third-order valence-electron chi connectivity index (χ3n) is 2.87. The van der Waals surface area contributed by atoms with Gasteiger partial charge in [-0.2, -0.15) is 0 Å². The quantitative estimate of drug-likeness (QED) is 0.705. The first kappa shape index (κ1) is 13.8. The molecule has 1 aliphatic rings. The van der Waals surface area contributed by atoms with Gasteiger partial charge in [-0.3, -0.25) is 9.69 Å². The van der Waals surface area contributed by atoms with E-state index in [1.165, 1.54) is 4.90 Å². The predicted molar refractivity (Wildman–Crippen MR) is 64.4 cm³/mol. The summed E-state index contributed by atoms with van der Waals surface area (Å²) in [5.41, 5.74) is 0. The molecule has 0 aromatic carbocycles. The molecule has 1 rings (SSSR count). The van der Waals surface area contributed by atoms with Gasteiger partial charge in [0.15, 0.2) is 6.23 Å². The van der Waals surface area contributed by atoms with E-state index < -0.39 is 6.23 Å². The van der Waals surface area contributed by atoms with Gasteiger partial charge in [0, 0.05) is 33.0 Å². The summed E-state index contributed by atoms with van der Waals surface area (Å²) in [5, 5.41) is 0. The number of ether oxygens (including phenoxy) is 1. The molecule has 5 heteroatoms. The molecule has 5 nitrogen and oxygen atoms in total. The number of esters is 1. The zero-order chi connectivity index (χ0) is 13.0. The van der Waals surface area contributed by atoms with Crippen LogP contribution in [0.4, 0.5) is 4.79 Å².